The summed E-state index contributed by atoms with van der Waals surface area (Å²) in [7, 11) is 0. The molecule has 0 aliphatic carbocycles. The maximum atomic E-state index is 10.7. The third kappa shape index (κ3) is 2.78. The van der Waals surface area contributed by atoms with E-state index in [9.17, 15) is 15.2 Å². The molecule has 16 heavy (non-hydrogen) atoms. The molecule has 5 nitrogen and oxygen atoms in total. The van der Waals surface area contributed by atoms with E-state index in [-0.39, 0.29) is 5.69 Å². The summed E-state index contributed by atoms with van der Waals surface area (Å²) in [5.74, 6) is 0. The highest BCUT2D eigenvalue weighted by molar-refractivity contribution is 9.10. The van der Waals surface area contributed by atoms with Gasteiger partial charge in [0.1, 0.15) is 0 Å². The van der Waals surface area contributed by atoms with Crippen molar-refractivity contribution in [3.8, 4) is 0 Å². The van der Waals surface area contributed by atoms with Crippen molar-refractivity contribution in [3.63, 3.8) is 0 Å². The number of rotatable bonds is 4. The van der Waals surface area contributed by atoms with Crippen molar-refractivity contribution in [2.45, 2.75) is 25.5 Å². The Kier molecular flexibility index (Phi) is 4.40. The normalized spacial score (nSPS) is 14.5. The van der Waals surface area contributed by atoms with E-state index in [4.69, 9.17) is 5.73 Å². The van der Waals surface area contributed by atoms with Crippen LogP contribution >= 0.6 is 15.9 Å². The second kappa shape index (κ2) is 5.38. The first-order chi connectivity index (χ1) is 7.47. The third-order valence-electron chi connectivity index (χ3n) is 2.38. The maximum Gasteiger partial charge on any atom is 0.283 e. The predicted octanol–water partition coefficient (Wildman–Crippen LogP) is 2.13. The van der Waals surface area contributed by atoms with Crippen molar-refractivity contribution in [1.82, 2.24) is 0 Å². The molecule has 0 bridgehead atoms. The lowest BCUT2D eigenvalue weighted by atomic mass is 10.0. The molecule has 0 radical (unpaired) electrons. The van der Waals surface area contributed by atoms with Crippen molar-refractivity contribution < 1.29 is 10.0 Å². The van der Waals surface area contributed by atoms with Gasteiger partial charge in [-0.25, -0.2) is 0 Å². The standard InChI is InChI=1S/C10H13BrN2O3/c1-2-9(14)10(12)6-3-4-7(11)8(5-6)13(15)16/h3-5,9-10,14H,2,12H2,1H3/t9-,10+/m1/s1. The van der Waals surface area contributed by atoms with Crippen molar-refractivity contribution in [2.75, 3.05) is 0 Å². The van der Waals surface area contributed by atoms with Gasteiger partial charge in [0.25, 0.3) is 5.69 Å². The zero-order valence-corrected chi connectivity index (χ0v) is 10.3. The van der Waals surface area contributed by atoms with Gasteiger partial charge in [0.2, 0.25) is 0 Å². The van der Waals surface area contributed by atoms with Crippen LogP contribution in [-0.4, -0.2) is 16.1 Å². The van der Waals surface area contributed by atoms with Gasteiger partial charge in [0.05, 0.1) is 21.5 Å². The van der Waals surface area contributed by atoms with Crippen molar-refractivity contribution in [3.05, 3.63) is 38.3 Å². The Labute approximate surface area is 102 Å². The molecule has 0 amide bonds. The van der Waals surface area contributed by atoms with Gasteiger partial charge in [0.15, 0.2) is 0 Å². The van der Waals surface area contributed by atoms with E-state index in [0.717, 1.165) is 0 Å². The molecule has 6 heteroatoms. The van der Waals surface area contributed by atoms with Crippen molar-refractivity contribution in [2.24, 2.45) is 5.73 Å². The van der Waals surface area contributed by atoms with Gasteiger partial charge in [0, 0.05) is 6.07 Å². The minimum Gasteiger partial charge on any atom is -0.391 e. The summed E-state index contributed by atoms with van der Waals surface area (Å²) in [6.07, 6.45) is -0.189. The zero-order valence-electron chi connectivity index (χ0n) is 8.76. The SMILES string of the molecule is CC[C@@H](O)[C@@H](N)c1ccc(Br)c([N+](=O)[O-])c1. The van der Waals surface area contributed by atoms with Crippen LogP contribution in [0.4, 0.5) is 5.69 Å². The first kappa shape index (κ1) is 13.1. The van der Waals surface area contributed by atoms with E-state index in [1.807, 2.05) is 0 Å². The third-order valence-corrected chi connectivity index (χ3v) is 3.06. The zero-order chi connectivity index (χ0) is 12.3. The van der Waals surface area contributed by atoms with Gasteiger partial charge >= 0.3 is 0 Å². The number of nitrogens with zero attached hydrogens (tertiary/aromatic N) is 1. The highest BCUT2D eigenvalue weighted by Crippen LogP contribution is 2.28. The summed E-state index contributed by atoms with van der Waals surface area (Å²) in [5.41, 5.74) is 6.29. The van der Waals surface area contributed by atoms with E-state index < -0.39 is 17.1 Å². The highest BCUT2D eigenvalue weighted by Gasteiger charge is 2.19. The molecule has 0 unspecified atom stereocenters. The van der Waals surface area contributed by atoms with Gasteiger partial charge in [-0.3, -0.25) is 10.1 Å². The number of hydrogen-bond acceptors (Lipinski definition) is 4. The fourth-order valence-electron chi connectivity index (χ4n) is 1.35. The summed E-state index contributed by atoms with van der Waals surface area (Å²) >= 11 is 3.09. The molecule has 0 heterocycles. The summed E-state index contributed by atoms with van der Waals surface area (Å²) in [5, 5.41) is 20.3. The minimum absolute atomic E-state index is 0.0451. The molecular weight excluding hydrogens is 276 g/mol. The number of halogens is 1. The molecule has 0 saturated carbocycles. The summed E-state index contributed by atoms with van der Waals surface area (Å²) in [4.78, 5) is 10.2. The molecule has 88 valence electrons. The smallest absolute Gasteiger partial charge is 0.283 e. The van der Waals surface area contributed by atoms with Crippen LogP contribution in [0.2, 0.25) is 0 Å². The lowest BCUT2D eigenvalue weighted by Gasteiger charge is -2.17. The molecular formula is C10H13BrN2O3. The van der Waals surface area contributed by atoms with E-state index in [0.29, 0.717) is 16.5 Å². The van der Waals surface area contributed by atoms with Crippen LogP contribution in [0.1, 0.15) is 24.9 Å². The van der Waals surface area contributed by atoms with Crippen LogP contribution in [0.25, 0.3) is 0 Å². The Morgan fingerprint density at radius 3 is 2.75 bits per heavy atom. The number of nitro benzene ring substituents is 1. The van der Waals surface area contributed by atoms with Crippen molar-refractivity contribution >= 4 is 21.6 Å². The number of hydrogen-bond donors (Lipinski definition) is 2. The van der Waals surface area contributed by atoms with Gasteiger partial charge in [-0.05, 0) is 34.0 Å². The van der Waals surface area contributed by atoms with Crippen LogP contribution in [0.5, 0.6) is 0 Å². The van der Waals surface area contributed by atoms with Crippen LogP contribution in [0, 0.1) is 10.1 Å². The fourth-order valence-corrected chi connectivity index (χ4v) is 1.74. The van der Waals surface area contributed by atoms with E-state index >= 15 is 0 Å². The summed E-state index contributed by atoms with van der Waals surface area (Å²) < 4.78 is 0.402. The molecule has 1 aromatic carbocycles. The van der Waals surface area contributed by atoms with Gasteiger partial charge in [-0.2, -0.15) is 0 Å². The quantitative estimate of drug-likeness (QED) is 0.656. The Hall–Kier alpha value is -0.980. The number of benzene rings is 1. The van der Waals surface area contributed by atoms with Crippen LogP contribution in [0.15, 0.2) is 22.7 Å². The van der Waals surface area contributed by atoms with Crippen LogP contribution in [0.3, 0.4) is 0 Å². The topological polar surface area (TPSA) is 89.4 Å². The largest absolute Gasteiger partial charge is 0.391 e. The number of aliphatic hydroxyl groups is 1. The fraction of sp³-hybridized carbons (Fsp3) is 0.400. The predicted molar refractivity (Wildman–Crippen MR) is 64.0 cm³/mol. The first-order valence-corrected chi connectivity index (χ1v) is 5.64. The molecule has 1 rings (SSSR count). The number of nitro groups is 1. The van der Waals surface area contributed by atoms with E-state index in [1.54, 1.807) is 19.1 Å². The summed E-state index contributed by atoms with van der Waals surface area (Å²) in [6.45, 7) is 1.80. The maximum absolute atomic E-state index is 10.7. The Bertz CT molecular complexity index is 398. The molecule has 0 aromatic heterocycles. The summed E-state index contributed by atoms with van der Waals surface area (Å²) in [6, 6.07) is 4.01. The van der Waals surface area contributed by atoms with Gasteiger partial charge < -0.3 is 10.8 Å². The van der Waals surface area contributed by atoms with E-state index in [2.05, 4.69) is 15.9 Å². The second-order valence-electron chi connectivity index (χ2n) is 3.47. The van der Waals surface area contributed by atoms with Crippen molar-refractivity contribution in [1.29, 1.82) is 0 Å². The monoisotopic (exact) mass is 288 g/mol. The minimum atomic E-state index is -0.694. The average Bonchev–Trinajstić information content (AvgIpc) is 2.27. The first-order valence-electron chi connectivity index (χ1n) is 4.84. The highest BCUT2D eigenvalue weighted by atomic mass is 79.9. The lowest BCUT2D eigenvalue weighted by molar-refractivity contribution is -0.385. The number of aliphatic hydroxyl groups excluding tert-OH is 1. The van der Waals surface area contributed by atoms with Gasteiger partial charge in [-0.1, -0.05) is 13.0 Å². The van der Waals surface area contributed by atoms with Gasteiger partial charge in [-0.15, -0.1) is 0 Å². The van der Waals surface area contributed by atoms with Crippen LogP contribution < -0.4 is 5.73 Å². The molecule has 1 aromatic rings. The Balaban J connectivity index is 3.07. The molecule has 2 atom stereocenters. The Morgan fingerprint density at radius 1 is 1.62 bits per heavy atom. The lowest BCUT2D eigenvalue weighted by Crippen LogP contribution is -2.25. The van der Waals surface area contributed by atoms with E-state index in [1.165, 1.54) is 6.07 Å². The number of nitrogens with two attached hydrogens (primary N) is 1. The molecule has 0 fully saturated rings. The molecule has 0 aliphatic rings. The molecule has 3 N–H and O–H groups in total. The molecule has 0 saturated heterocycles. The Morgan fingerprint density at radius 2 is 2.25 bits per heavy atom. The van der Waals surface area contributed by atoms with Crippen LogP contribution in [-0.2, 0) is 0 Å². The molecule has 0 aliphatic heterocycles. The average molecular weight is 289 g/mol. The molecule has 0 spiro atoms. The second-order valence-corrected chi connectivity index (χ2v) is 4.32.